The first-order valence-electron chi connectivity index (χ1n) is 9.78. The van der Waals surface area contributed by atoms with Crippen molar-refractivity contribution in [2.45, 2.75) is 26.2 Å². The van der Waals surface area contributed by atoms with Crippen LogP contribution in [0.25, 0.3) is 0 Å². The number of nitrogens with zero attached hydrogens (tertiary/aromatic N) is 2. The first-order valence-corrected chi connectivity index (χ1v) is 9.78. The lowest BCUT2D eigenvalue weighted by Crippen LogP contribution is -2.34. The Bertz CT molecular complexity index is 865. The standard InChI is InChI=1S/C24H24N2O2/c1-3-7-19(8-4-1)13-25-15-21-11-12-22-16-26(14-20-9-5-2-6-10-20)18-28-24(22)23(21)27-17-25/h1-12H,13-18H2. The molecule has 3 aromatic carbocycles. The van der Waals surface area contributed by atoms with Gasteiger partial charge in [0.25, 0.3) is 0 Å². The van der Waals surface area contributed by atoms with Crippen molar-refractivity contribution < 1.29 is 9.47 Å². The van der Waals surface area contributed by atoms with E-state index in [1.54, 1.807) is 0 Å². The lowest BCUT2D eigenvalue weighted by atomic mass is 10.0. The SMILES string of the molecule is c1ccc(CN2COc3c(ccc4c3OCN(Cc3ccccc3)C4)C2)cc1. The number of fused-ring (bicyclic) bond motifs is 3. The Morgan fingerprint density at radius 2 is 1.00 bits per heavy atom. The lowest BCUT2D eigenvalue weighted by molar-refractivity contribution is 0.0619. The Labute approximate surface area is 165 Å². The predicted octanol–water partition coefficient (Wildman–Crippen LogP) is 4.39. The van der Waals surface area contributed by atoms with Gasteiger partial charge < -0.3 is 9.47 Å². The van der Waals surface area contributed by atoms with Crippen LogP contribution in [-0.2, 0) is 26.2 Å². The maximum Gasteiger partial charge on any atom is 0.168 e. The zero-order chi connectivity index (χ0) is 18.8. The van der Waals surface area contributed by atoms with E-state index in [0.717, 1.165) is 37.7 Å². The van der Waals surface area contributed by atoms with E-state index in [2.05, 4.69) is 82.6 Å². The van der Waals surface area contributed by atoms with Crippen molar-refractivity contribution >= 4 is 0 Å². The van der Waals surface area contributed by atoms with Crippen LogP contribution in [0.1, 0.15) is 22.3 Å². The smallest absolute Gasteiger partial charge is 0.168 e. The molecule has 0 saturated carbocycles. The van der Waals surface area contributed by atoms with Crippen LogP contribution in [0.15, 0.2) is 72.8 Å². The Kier molecular flexibility index (Phi) is 4.73. The van der Waals surface area contributed by atoms with Crippen LogP contribution in [0.5, 0.6) is 11.5 Å². The summed E-state index contributed by atoms with van der Waals surface area (Å²) < 4.78 is 12.3. The van der Waals surface area contributed by atoms with Crippen LogP contribution in [0.2, 0.25) is 0 Å². The molecule has 0 atom stereocenters. The molecule has 3 aromatic rings. The van der Waals surface area contributed by atoms with Gasteiger partial charge in [0.05, 0.1) is 0 Å². The molecule has 0 unspecified atom stereocenters. The van der Waals surface area contributed by atoms with E-state index in [4.69, 9.17) is 9.47 Å². The summed E-state index contributed by atoms with van der Waals surface area (Å²) in [5, 5.41) is 0. The third-order valence-electron chi connectivity index (χ3n) is 5.34. The summed E-state index contributed by atoms with van der Waals surface area (Å²) in [6.07, 6.45) is 0. The highest BCUT2D eigenvalue weighted by Crippen LogP contribution is 2.40. The molecule has 0 spiro atoms. The van der Waals surface area contributed by atoms with Crippen LogP contribution in [0, 0.1) is 0 Å². The number of rotatable bonds is 4. The van der Waals surface area contributed by atoms with Crippen molar-refractivity contribution in [1.29, 1.82) is 0 Å². The number of benzene rings is 3. The zero-order valence-corrected chi connectivity index (χ0v) is 15.9. The van der Waals surface area contributed by atoms with E-state index in [1.165, 1.54) is 22.3 Å². The van der Waals surface area contributed by atoms with Crippen LogP contribution in [0.3, 0.4) is 0 Å². The van der Waals surface area contributed by atoms with Gasteiger partial charge in [0.1, 0.15) is 13.5 Å². The lowest BCUT2D eigenvalue weighted by Gasteiger charge is -2.34. The Morgan fingerprint density at radius 3 is 1.43 bits per heavy atom. The van der Waals surface area contributed by atoms with Gasteiger partial charge in [0.2, 0.25) is 0 Å². The number of hydrogen-bond acceptors (Lipinski definition) is 4. The minimum Gasteiger partial charge on any atom is -0.474 e. The van der Waals surface area contributed by atoms with Gasteiger partial charge in [-0.1, -0.05) is 72.8 Å². The second kappa shape index (κ2) is 7.66. The molecule has 0 saturated heterocycles. The van der Waals surface area contributed by atoms with E-state index < -0.39 is 0 Å². The Morgan fingerprint density at radius 1 is 0.571 bits per heavy atom. The molecule has 0 N–H and O–H groups in total. The highest BCUT2D eigenvalue weighted by molar-refractivity contribution is 5.53. The van der Waals surface area contributed by atoms with Crippen molar-refractivity contribution in [1.82, 2.24) is 9.80 Å². The first-order chi connectivity index (χ1) is 13.8. The molecule has 142 valence electrons. The molecule has 0 amide bonds. The van der Waals surface area contributed by atoms with Crippen LogP contribution in [0.4, 0.5) is 0 Å². The largest absolute Gasteiger partial charge is 0.474 e. The van der Waals surface area contributed by atoms with Gasteiger partial charge in [-0.15, -0.1) is 0 Å². The van der Waals surface area contributed by atoms with Gasteiger partial charge in [-0.05, 0) is 11.1 Å². The van der Waals surface area contributed by atoms with E-state index in [0.29, 0.717) is 13.5 Å². The van der Waals surface area contributed by atoms with Crippen molar-refractivity contribution in [3.8, 4) is 11.5 Å². The molecule has 0 aliphatic carbocycles. The van der Waals surface area contributed by atoms with Gasteiger partial charge in [-0.2, -0.15) is 0 Å². The molecule has 0 radical (unpaired) electrons. The molecule has 4 nitrogen and oxygen atoms in total. The second-order valence-corrected chi connectivity index (χ2v) is 7.53. The number of hydrogen-bond donors (Lipinski definition) is 0. The molecule has 0 aromatic heterocycles. The summed E-state index contributed by atoms with van der Waals surface area (Å²) in [5.74, 6) is 1.86. The molecular weight excluding hydrogens is 348 g/mol. The zero-order valence-electron chi connectivity index (χ0n) is 15.9. The van der Waals surface area contributed by atoms with Crippen molar-refractivity contribution in [2.24, 2.45) is 0 Å². The summed E-state index contributed by atoms with van der Waals surface area (Å²) in [5.41, 5.74) is 5.02. The van der Waals surface area contributed by atoms with Crippen molar-refractivity contribution in [2.75, 3.05) is 13.5 Å². The first kappa shape index (κ1) is 17.3. The van der Waals surface area contributed by atoms with Gasteiger partial charge in [0.15, 0.2) is 11.5 Å². The quantitative estimate of drug-likeness (QED) is 0.678. The fraction of sp³-hybridized carbons (Fsp3) is 0.250. The van der Waals surface area contributed by atoms with Crippen molar-refractivity contribution in [3.05, 3.63) is 95.1 Å². The molecule has 0 bridgehead atoms. The molecule has 28 heavy (non-hydrogen) atoms. The maximum absolute atomic E-state index is 6.14. The normalized spacial score (nSPS) is 16.6. The third-order valence-corrected chi connectivity index (χ3v) is 5.34. The molecule has 4 heteroatoms. The predicted molar refractivity (Wildman–Crippen MR) is 109 cm³/mol. The fourth-order valence-electron chi connectivity index (χ4n) is 3.98. The number of ether oxygens (including phenoxy) is 2. The molecule has 5 rings (SSSR count). The van der Waals surface area contributed by atoms with E-state index in [1.807, 2.05) is 0 Å². The maximum atomic E-state index is 6.14. The van der Waals surface area contributed by atoms with Crippen molar-refractivity contribution in [3.63, 3.8) is 0 Å². The summed E-state index contributed by atoms with van der Waals surface area (Å²) in [4.78, 5) is 4.63. The third kappa shape index (κ3) is 3.61. The molecule has 0 fully saturated rings. The Balaban J connectivity index is 1.29. The summed E-state index contributed by atoms with van der Waals surface area (Å²) in [7, 11) is 0. The van der Waals surface area contributed by atoms with E-state index in [9.17, 15) is 0 Å². The topological polar surface area (TPSA) is 24.9 Å². The minimum absolute atomic E-state index is 0.593. The minimum atomic E-state index is 0.593. The summed E-state index contributed by atoms with van der Waals surface area (Å²) >= 11 is 0. The highest BCUT2D eigenvalue weighted by atomic mass is 16.5. The van der Waals surface area contributed by atoms with Gasteiger partial charge in [-0.25, -0.2) is 0 Å². The molecule has 2 heterocycles. The van der Waals surface area contributed by atoms with Gasteiger partial charge >= 0.3 is 0 Å². The molecule has 2 aliphatic rings. The average molecular weight is 372 g/mol. The highest BCUT2D eigenvalue weighted by Gasteiger charge is 2.27. The fourth-order valence-corrected chi connectivity index (χ4v) is 3.98. The molecular formula is C24H24N2O2. The summed E-state index contributed by atoms with van der Waals surface area (Å²) in [6, 6.07) is 25.5. The Hall–Kier alpha value is -2.82. The monoisotopic (exact) mass is 372 g/mol. The van der Waals surface area contributed by atoms with Crippen LogP contribution in [-0.4, -0.2) is 23.3 Å². The van der Waals surface area contributed by atoms with E-state index >= 15 is 0 Å². The molecule has 2 aliphatic heterocycles. The van der Waals surface area contributed by atoms with Gasteiger partial charge in [-0.3, -0.25) is 9.80 Å². The van der Waals surface area contributed by atoms with Crippen LogP contribution >= 0.6 is 0 Å². The van der Waals surface area contributed by atoms with E-state index in [-0.39, 0.29) is 0 Å². The van der Waals surface area contributed by atoms with Crippen LogP contribution < -0.4 is 9.47 Å². The second-order valence-electron chi connectivity index (χ2n) is 7.53. The van der Waals surface area contributed by atoms with Gasteiger partial charge in [0, 0.05) is 37.3 Å². The summed E-state index contributed by atoms with van der Waals surface area (Å²) in [6.45, 7) is 4.74. The average Bonchev–Trinajstić information content (AvgIpc) is 2.75.